The molecule has 4 aromatic rings. The van der Waals surface area contributed by atoms with Gasteiger partial charge in [0.1, 0.15) is 6.61 Å². The number of nitrogens with one attached hydrogen (secondary N) is 1. The molecule has 0 amide bonds. The molecule has 7 nitrogen and oxygen atoms in total. The Labute approximate surface area is 218 Å². The summed E-state index contributed by atoms with van der Waals surface area (Å²) in [5.74, 6) is 2.02. The molecule has 1 N–H and O–H groups in total. The molecule has 4 rings (SSSR count). The molecule has 0 unspecified atom stereocenters. The molecule has 0 fully saturated rings. The third-order valence-electron chi connectivity index (χ3n) is 5.09. The number of hydrogen-bond acceptors (Lipinski definition) is 7. The monoisotopic (exact) mass is 529 g/mol. The second kappa shape index (κ2) is 12.8. The molecule has 0 aliphatic carbocycles. The Kier molecular flexibility index (Phi) is 9.25. The fourth-order valence-corrected chi connectivity index (χ4v) is 4.59. The summed E-state index contributed by atoms with van der Waals surface area (Å²) in [6.07, 6.45) is 0.958. The Balaban J connectivity index is 1.24. The van der Waals surface area contributed by atoms with Crippen molar-refractivity contribution in [3.8, 4) is 17.2 Å². The maximum Gasteiger partial charge on any atom is 0.214 e. The van der Waals surface area contributed by atoms with Crippen LogP contribution < -0.4 is 14.8 Å². The first-order valence-corrected chi connectivity index (χ1v) is 12.8. The Hall–Kier alpha value is -2.78. The third kappa shape index (κ3) is 7.11. The van der Waals surface area contributed by atoms with Crippen LogP contribution in [0.2, 0.25) is 10.0 Å². The van der Waals surface area contributed by atoms with Crippen LogP contribution in [0.5, 0.6) is 11.5 Å². The first-order valence-electron chi connectivity index (χ1n) is 11.0. The number of para-hydroxylation sites is 1. The lowest BCUT2D eigenvalue weighted by molar-refractivity contribution is 0.284. The molecule has 3 aromatic carbocycles. The number of methoxy groups -OCH3 is 1. The largest absolute Gasteiger partial charge is 0.493 e. The van der Waals surface area contributed by atoms with Gasteiger partial charge in [-0.1, -0.05) is 65.3 Å². The van der Waals surface area contributed by atoms with Crippen molar-refractivity contribution in [2.75, 3.05) is 19.4 Å². The van der Waals surface area contributed by atoms with Gasteiger partial charge in [0.05, 0.1) is 17.8 Å². The summed E-state index contributed by atoms with van der Waals surface area (Å²) in [6.45, 7) is 1.88. The van der Waals surface area contributed by atoms with E-state index >= 15 is 0 Å². The standard InChI is InChI=1S/C25H25Cl2N5O2S/c1-33-23-15-19(14-22(27)24(23)34-17-18-8-10-20(26)11-9-18)16-28-12-5-13-35-25-29-30-31-32(25)21-6-3-2-4-7-21/h2-4,6-11,14-15,28H,5,12-13,16-17H2,1H3. The SMILES string of the molecule is COc1cc(CNCCCSc2nnnn2-c2ccccc2)cc(Cl)c1OCc1ccc(Cl)cc1. The van der Waals surface area contributed by atoms with Crippen molar-refractivity contribution in [3.05, 3.63) is 87.9 Å². The van der Waals surface area contributed by atoms with Crippen molar-refractivity contribution in [2.24, 2.45) is 0 Å². The summed E-state index contributed by atoms with van der Waals surface area (Å²) in [5, 5.41) is 17.5. The molecule has 0 spiro atoms. The number of tetrazole rings is 1. The summed E-state index contributed by atoms with van der Waals surface area (Å²) < 4.78 is 13.2. The predicted octanol–water partition coefficient (Wildman–Crippen LogP) is 5.83. The molecule has 35 heavy (non-hydrogen) atoms. The van der Waals surface area contributed by atoms with Crippen LogP contribution in [-0.2, 0) is 13.2 Å². The van der Waals surface area contributed by atoms with Crippen LogP contribution in [0, 0.1) is 0 Å². The zero-order chi connectivity index (χ0) is 24.5. The summed E-state index contributed by atoms with van der Waals surface area (Å²) >= 11 is 14.1. The molecule has 0 radical (unpaired) electrons. The van der Waals surface area contributed by atoms with Gasteiger partial charge < -0.3 is 14.8 Å². The van der Waals surface area contributed by atoms with Crippen LogP contribution in [0.25, 0.3) is 5.69 Å². The van der Waals surface area contributed by atoms with E-state index in [0.717, 1.165) is 40.7 Å². The highest BCUT2D eigenvalue weighted by Crippen LogP contribution is 2.37. The summed E-state index contributed by atoms with van der Waals surface area (Å²) in [7, 11) is 1.61. The fraction of sp³-hybridized carbons (Fsp3) is 0.240. The second-order valence-corrected chi connectivity index (χ2v) is 9.52. The first-order chi connectivity index (χ1) is 17.1. The molecule has 0 atom stereocenters. The van der Waals surface area contributed by atoms with Gasteiger partial charge >= 0.3 is 0 Å². The molecule has 0 aliphatic heterocycles. The van der Waals surface area contributed by atoms with Crippen LogP contribution in [0.3, 0.4) is 0 Å². The van der Waals surface area contributed by atoms with E-state index in [9.17, 15) is 0 Å². The molecule has 1 heterocycles. The van der Waals surface area contributed by atoms with Gasteiger partial charge in [-0.05, 0) is 70.9 Å². The van der Waals surface area contributed by atoms with Crippen LogP contribution in [-0.4, -0.2) is 39.6 Å². The highest BCUT2D eigenvalue weighted by Gasteiger charge is 2.13. The number of nitrogens with zero attached hydrogens (tertiary/aromatic N) is 4. The quantitative estimate of drug-likeness (QED) is 0.183. The lowest BCUT2D eigenvalue weighted by atomic mass is 10.2. The average Bonchev–Trinajstić information content (AvgIpc) is 3.35. The molecule has 0 saturated carbocycles. The van der Waals surface area contributed by atoms with Gasteiger partial charge in [0.15, 0.2) is 11.5 Å². The van der Waals surface area contributed by atoms with Crippen molar-refractivity contribution in [2.45, 2.75) is 24.7 Å². The van der Waals surface area contributed by atoms with E-state index in [0.29, 0.717) is 34.7 Å². The van der Waals surface area contributed by atoms with Crippen LogP contribution in [0.1, 0.15) is 17.5 Å². The number of hydrogen-bond donors (Lipinski definition) is 1. The minimum atomic E-state index is 0.371. The third-order valence-corrected chi connectivity index (χ3v) is 6.62. The van der Waals surface area contributed by atoms with Gasteiger partial charge in [-0.2, -0.15) is 4.68 Å². The van der Waals surface area contributed by atoms with Crippen molar-refractivity contribution < 1.29 is 9.47 Å². The van der Waals surface area contributed by atoms with Crippen molar-refractivity contribution in [1.29, 1.82) is 0 Å². The maximum atomic E-state index is 6.51. The van der Waals surface area contributed by atoms with E-state index in [1.54, 1.807) is 23.6 Å². The summed E-state index contributed by atoms with van der Waals surface area (Å²) in [6, 6.07) is 21.2. The first kappa shape index (κ1) is 25.3. The Bertz CT molecular complexity index is 1220. The highest BCUT2D eigenvalue weighted by atomic mass is 35.5. The molecular formula is C25H25Cl2N5O2S. The fourth-order valence-electron chi connectivity index (χ4n) is 3.35. The van der Waals surface area contributed by atoms with Gasteiger partial charge in [-0.25, -0.2) is 0 Å². The van der Waals surface area contributed by atoms with Gasteiger partial charge in [-0.3, -0.25) is 0 Å². The zero-order valence-electron chi connectivity index (χ0n) is 19.2. The number of aromatic nitrogens is 4. The number of halogens is 2. The summed E-state index contributed by atoms with van der Waals surface area (Å²) in [4.78, 5) is 0. The molecule has 10 heteroatoms. The van der Waals surface area contributed by atoms with Crippen molar-refractivity contribution >= 4 is 35.0 Å². The average molecular weight is 530 g/mol. The van der Waals surface area contributed by atoms with Gasteiger partial charge in [0, 0.05) is 17.3 Å². The van der Waals surface area contributed by atoms with E-state index in [-0.39, 0.29) is 0 Å². The van der Waals surface area contributed by atoms with Crippen LogP contribution in [0.4, 0.5) is 0 Å². The highest BCUT2D eigenvalue weighted by molar-refractivity contribution is 7.99. The zero-order valence-corrected chi connectivity index (χ0v) is 21.5. The topological polar surface area (TPSA) is 74.1 Å². The molecule has 182 valence electrons. The van der Waals surface area contributed by atoms with Gasteiger partial charge in [0.25, 0.3) is 0 Å². The number of rotatable bonds is 12. The molecular weight excluding hydrogens is 505 g/mol. The van der Waals surface area contributed by atoms with Crippen LogP contribution in [0.15, 0.2) is 71.9 Å². The number of ether oxygens (including phenoxy) is 2. The molecule has 0 saturated heterocycles. The minimum absolute atomic E-state index is 0.371. The Morgan fingerprint density at radius 1 is 1.00 bits per heavy atom. The smallest absolute Gasteiger partial charge is 0.214 e. The molecule has 1 aromatic heterocycles. The van der Waals surface area contributed by atoms with E-state index in [2.05, 4.69) is 20.8 Å². The van der Waals surface area contributed by atoms with E-state index < -0.39 is 0 Å². The second-order valence-electron chi connectivity index (χ2n) is 7.61. The van der Waals surface area contributed by atoms with Gasteiger partial charge in [0.2, 0.25) is 5.16 Å². The maximum absolute atomic E-state index is 6.51. The predicted molar refractivity (Wildman–Crippen MR) is 140 cm³/mol. The van der Waals surface area contributed by atoms with Crippen LogP contribution >= 0.6 is 35.0 Å². The molecule has 0 bridgehead atoms. The molecule has 0 aliphatic rings. The minimum Gasteiger partial charge on any atom is -0.493 e. The van der Waals surface area contributed by atoms with E-state index in [1.165, 1.54) is 0 Å². The van der Waals surface area contributed by atoms with Crippen molar-refractivity contribution in [1.82, 2.24) is 25.5 Å². The summed E-state index contributed by atoms with van der Waals surface area (Å²) in [5.41, 5.74) is 2.96. The van der Waals surface area contributed by atoms with Crippen molar-refractivity contribution in [3.63, 3.8) is 0 Å². The van der Waals surface area contributed by atoms with E-state index in [1.807, 2.05) is 66.7 Å². The Morgan fingerprint density at radius 2 is 1.80 bits per heavy atom. The Morgan fingerprint density at radius 3 is 2.57 bits per heavy atom. The number of benzene rings is 3. The van der Waals surface area contributed by atoms with E-state index in [4.69, 9.17) is 32.7 Å². The lowest BCUT2D eigenvalue weighted by Gasteiger charge is -2.15. The van der Waals surface area contributed by atoms with Gasteiger partial charge in [-0.15, -0.1) is 5.10 Å². The lowest BCUT2D eigenvalue weighted by Crippen LogP contribution is -2.15. The normalized spacial score (nSPS) is 10.9. The number of thioether (sulfide) groups is 1.